The van der Waals surface area contributed by atoms with Crippen LogP contribution in [0.15, 0.2) is 24.3 Å². The lowest BCUT2D eigenvalue weighted by Crippen LogP contribution is -2.39. The molecule has 1 saturated heterocycles. The van der Waals surface area contributed by atoms with Gasteiger partial charge in [-0.1, -0.05) is 17.7 Å². The molecule has 1 aromatic rings. The number of hydrogen-bond acceptors (Lipinski definition) is 3. The predicted octanol–water partition coefficient (Wildman–Crippen LogP) is 2.14. The third-order valence-electron chi connectivity index (χ3n) is 2.57. The van der Waals surface area contributed by atoms with E-state index in [1.807, 2.05) is 0 Å². The van der Waals surface area contributed by atoms with Crippen LogP contribution in [0.4, 0.5) is 10.5 Å². The summed E-state index contributed by atoms with van der Waals surface area (Å²) in [6, 6.07) is 6.60. The highest BCUT2D eigenvalue weighted by atomic mass is 35.5. The second kappa shape index (κ2) is 3.92. The zero-order chi connectivity index (χ0) is 12.6. The number of carbonyl (C=O) groups excluding carboxylic acids is 1. The van der Waals surface area contributed by atoms with Gasteiger partial charge in [-0.2, -0.15) is 0 Å². The number of halogens is 1. The fourth-order valence-electron chi connectivity index (χ4n) is 1.60. The van der Waals surface area contributed by atoms with Crippen molar-refractivity contribution in [1.82, 2.24) is 0 Å². The summed E-state index contributed by atoms with van der Waals surface area (Å²) in [4.78, 5) is 23.8. The molecule has 1 aliphatic rings. The first-order valence-corrected chi connectivity index (χ1v) is 5.30. The summed E-state index contributed by atoms with van der Waals surface area (Å²) in [6.45, 7) is 1.32. The highest BCUT2D eigenvalue weighted by molar-refractivity contribution is 6.30. The summed E-state index contributed by atoms with van der Waals surface area (Å²) in [5, 5.41) is 9.45. The smallest absolute Gasteiger partial charge is 0.415 e. The van der Waals surface area contributed by atoms with E-state index in [2.05, 4.69) is 0 Å². The molecule has 2 rings (SSSR count). The van der Waals surface area contributed by atoms with E-state index < -0.39 is 17.7 Å². The summed E-state index contributed by atoms with van der Waals surface area (Å²) in [7, 11) is 0. The van der Waals surface area contributed by atoms with Crippen molar-refractivity contribution in [3.05, 3.63) is 29.3 Å². The van der Waals surface area contributed by atoms with Crippen LogP contribution in [0, 0.1) is 0 Å². The van der Waals surface area contributed by atoms with Crippen molar-refractivity contribution < 1.29 is 19.4 Å². The fraction of sp³-hybridized carbons (Fsp3) is 0.273. The van der Waals surface area contributed by atoms with Crippen molar-refractivity contribution in [1.29, 1.82) is 0 Å². The van der Waals surface area contributed by atoms with Gasteiger partial charge in [0.1, 0.15) is 0 Å². The van der Waals surface area contributed by atoms with Gasteiger partial charge >= 0.3 is 12.1 Å². The van der Waals surface area contributed by atoms with Crippen LogP contribution in [0.1, 0.15) is 6.92 Å². The average Bonchev–Trinajstić information content (AvgIpc) is 2.56. The molecule has 1 fully saturated rings. The Hall–Kier alpha value is -1.75. The molecule has 1 atom stereocenters. The Balaban J connectivity index is 2.30. The molecule has 0 radical (unpaired) electrons. The molecule has 1 amide bonds. The zero-order valence-corrected chi connectivity index (χ0v) is 9.77. The summed E-state index contributed by atoms with van der Waals surface area (Å²) < 4.78 is 4.86. The van der Waals surface area contributed by atoms with Gasteiger partial charge in [-0.3, -0.25) is 4.90 Å². The van der Waals surface area contributed by atoms with Crippen LogP contribution in [0.25, 0.3) is 0 Å². The maximum Gasteiger partial charge on any atom is 0.415 e. The highest BCUT2D eigenvalue weighted by Gasteiger charge is 2.48. The van der Waals surface area contributed by atoms with Crippen LogP contribution in [-0.2, 0) is 9.53 Å². The Morgan fingerprint density at radius 3 is 2.82 bits per heavy atom. The molecule has 6 heteroatoms. The molecule has 0 aromatic heterocycles. The molecule has 1 N–H and O–H groups in total. The Morgan fingerprint density at radius 2 is 2.29 bits per heavy atom. The van der Waals surface area contributed by atoms with Crippen molar-refractivity contribution in [2.75, 3.05) is 11.4 Å². The van der Waals surface area contributed by atoms with Crippen LogP contribution in [0.5, 0.6) is 0 Å². The molecule has 0 bridgehead atoms. The van der Waals surface area contributed by atoms with Gasteiger partial charge in [0.15, 0.2) is 0 Å². The van der Waals surface area contributed by atoms with E-state index in [1.165, 1.54) is 11.8 Å². The number of aliphatic carboxylic acids is 1. The monoisotopic (exact) mass is 255 g/mol. The van der Waals surface area contributed by atoms with Crippen LogP contribution < -0.4 is 4.90 Å². The first kappa shape index (κ1) is 11.7. The molecule has 5 nitrogen and oxygen atoms in total. The van der Waals surface area contributed by atoms with E-state index in [0.29, 0.717) is 10.7 Å². The lowest BCUT2D eigenvalue weighted by Gasteiger charge is -2.16. The average molecular weight is 256 g/mol. The summed E-state index contributed by atoms with van der Waals surface area (Å²) in [6.07, 6.45) is -0.683. The number of ether oxygens (including phenoxy) is 1. The highest BCUT2D eigenvalue weighted by Crippen LogP contribution is 2.29. The third-order valence-corrected chi connectivity index (χ3v) is 2.80. The number of rotatable bonds is 2. The Bertz CT molecular complexity index is 490. The SMILES string of the molecule is CC1(C(=O)O)CN(c2cccc(Cl)c2)C(=O)O1. The molecule has 1 aromatic carbocycles. The van der Waals surface area contributed by atoms with Crippen molar-refractivity contribution in [2.24, 2.45) is 0 Å². The number of carboxylic acids is 1. The number of anilines is 1. The zero-order valence-electron chi connectivity index (χ0n) is 9.01. The number of hydrogen-bond donors (Lipinski definition) is 1. The molecule has 90 valence electrons. The van der Waals surface area contributed by atoms with E-state index in [-0.39, 0.29) is 6.54 Å². The van der Waals surface area contributed by atoms with Gasteiger partial charge in [0, 0.05) is 10.7 Å². The van der Waals surface area contributed by atoms with E-state index >= 15 is 0 Å². The topological polar surface area (TPSA) is 66.8 Å². The number of benzene rings is 1. The maximum absolute atomic E-state index is 11.6. The van der Waals surface area contributed by atoms with Crippen LogP contribution in [0.3, 0.4) is 0 Å². The molecule has 17 heavy (non-hydrogen) atoms. The minimum absolute atomic E-state index is 0.0402. The second-order valence-electron chi connectivity index (χ2n) is 3.97. The summed E-state index contributed by atoms with van der Waals surface area (Å²) >= 11 is 5.81. The first-order valence-electron chi connectivity index (χ1n) is 4.92. The van der Waals surface area contributed by atoms with Gasteiger partial charge in [0.2, 0.25) is 5.60 Å². The molecular formula is C11H10ClNO4. The van der Waals surface area contributed by atoms with Gasteiger partial charge < -0.3 is 9.84 Å². The predicted molar refractivity (Wildman–Crippen MR) is 61.3 cm³/mol. The molecule has 1 heterocycles. The van der Waals surface area contributed by atoms with Crippen molar-refractivity contribution in [3.8, 4) is 0 Å². The van der Waals surface area contributed by atoms with Crippen LogP contribution >= 0.6 is 11.6 Å². The van der Waals surface area contributed by atoms with Crippen molar-refractivity contribution in [3.63, 3.8) is 0 Å². The third kappa shape index (κ3) is 2.06. The van der Waals surface area contributed by atoms with Gasteiger partial charge in [-0.25, -0.2) is 9.59 Å². The van der Waals surface area contributed by atoms with E-state index in [1.54, 1.807) is 24.3 Å². The molecule has 1 unspecified atom stereocenters. The molecule has 0 aliphatic carbocycles. The number of carboxylic acid groups (broad SMARTS) is 1. The van der Waals surface area contributed by atoms with E-state index in [4.69, 9.17) is 21.4 Å². The van der Waals surface area contributed by atoms with Crippen molar-refractivity contribution >= 4 is 29.4 Å². The molecule has 0 spiro atoms. The van der Waals surface area contributed by atoms with E-state index in [9.17, 15) is 9.59 Å². The number of cyclic esters (lactones) is 1. The van der Waals surface area contributed by atoms with Crippen LogP contribution in [-0.4, -0.2) is 29.3 Å². The maximum atomic E-state index is 11.6. The molecule has 0 saturated carbocycles. The largest absolute Gasteiger partial charge is 0.478 e. The molecule has 1 aliphatic heterocycles. The lowest BCUT2D eigenvalue weighted by molar-refractivity contribution is -0.152. The van der Waals surface area contributed by atoms with Gasteiger partial charge in [-0.05, 0) is 25.1 Å². The Morgan fingerprint density at radius 1 is 1.59 bits per heavy atom. The summed E-state index contributed by atoms with van der Waals surface area (Å²) in [5.41, 5.74) is -0.994. The Kier molecular flexibility index (Phi) is 2.71. The fourth-order valence-corrected chi connectivity index (χ4v) is 1.78. The second-order valence-corrected chi connectivity index (χ2v) is 4.41. The van der Waals surface area contributed by atoms with Gasteiger partial charge in [-0.15, -0.1) is 0 Å². The minimum Gasteiger partial charge on any atom is -0.478 e. The van der Waals surface area contributed by atoms with Gasteiger partial charge in [0.25, 0.3) is 0 Å². The standard InChI is InChI=1S/C11H10ClNO4/c1-11(9(14)15)6-13(10(16)17-11)8-4-2-3-7(12)5-8/h2-5H,6H2,1H3,(H,14,15). The van der Waals surface area contributed by atoms with E-state index in [0.717, 1.165) is 0 Å². The van der Waals surface area contributed by atoms with Crippen molar-refractivity contribution in [2.45, 2.75) is 12.5 Å². The lowest BCUT2D eigenvalue weighted by atomic mass is 10.1. The normalized spacial score (nSPS) is 23.6. The number of nitrogens with zero attached hydrogens (tertiary/aromatic N) is 1. The quantitative estimate of drug-likeness (QED) is 0.879. The van der Waals surface area contributed by atoms with Crippen LogP contribution in [0.2, 0.25) is 5.02 Å². The minimum atomic E-state index is -1.51. The Labute approximate surface area is 103 Å². The first-order chi connectivity index (χ1) is 7.92. The molecular weight excluding hydrogens is 246 g/mol. The van der Waals surface area contributed by atoms with Gasteiger partial charge in [0.05, 0.1) is 6.54 Å². The number of amides is 1. The summed E-state index contributed by atoms with van der Waals surface area (Å²) in [5.74, 6) is -1.17. The number of carbonyl (C=O) groups is 2.